The molecule has 1 fully saturated rings. The third-order valence-corrected chi connectivity index (χ3v) is 5.19. The lowest BCUT2D eigenvalue weighted by atomic mass is 10.2. The lowest BCUT2D eigenvalue weighted by Gasteiger charge is -2.26. The molecular weight excluding hydrogens is 300 g/mol. The molecular formula is C13H15ClN2O3S. The molecule has 0 aliphatic carbocycles. The van der Waals surface area contributed by atoms with Crippen LogP contribution in [0.1, 0.15) is 0 Å². The van der Waals surface area contributed by atoms with Crippen LogP contribution in [0.5, 0.6) is 0 Å². The summed E-state index contributed by atoms with van der Waals surface area (Å²) in [7, 11) is -3.46. The Kier molecular flexibility index (Phi) is 4.59. The molecule has 0 radical (unpaired) electrons. The van der Waals surface area contributed by atoms with Crippen LogP contribution < -0.4 is 0 Å². The molecule has 3 rings (SSSR count). The second-order valence-electron chi connectivity index (χ2n) is 4.37. The van der Waals surface area contributed by atoms with E-state index in [1.807, 2.05) is 6.07 Å². The maximum Gasteiger partial charge on any atom is 0.243 e. The third kappa shape index (κ3) is 2.64. The highest BCUT2D eigenvalue weighted by atomic mass is 35.5. The van der Waals surface area contributed by atoms with Crippen LogP contribution in [-0.2, 0) is 14.8 Å². The van der Waals surface area contributed by atoms with Crippen molar-refractivity contribution >= 4 is 33.2 Å². The molecule has 7 heteroatoms. The number of pyridine rings is 1. The average Bonchev–Trinajstić information content (AvgIpc) is 2.47. The summed E-state index contributed by atoms with van der Waals surface area (Å²) in [6.45, 7) is 1.71. The van der Waals surface area contributed by atoms with Crippen molar-refractivity contribution in [2.24, 2.45) is 0 Å². The van der Waals surface area contributed by atoms with E-state index in [4.69, 9.17) is 4.74 Å². The summed E-state index contributed by atoms with van der Waals surface area (Å²) in [6.07, 6.45) is 3.29. The number of fused-ring (bicyclic) bond motifs is 1. The predicted molar refractivity (Wildman–Crippen MR) is 78.6 cm³/mol. The molecule has 0 bridgehead atoms. The van der Waals surface area contributed by atoms with Crippen molar-refractivity contribution in [3.8, 4) is 0 Å². The summed E-state index contributed by atoms with van der Waals surface area (Å²) in [5, 5.41) is 1.54. The van der Waals surface area contributed by atoms with Crippen molar-refractivity contribution in [1.29, 1.82) is 0 Å². The highest BCUT2D eigenvalue weighted by molar-refractivity contribution is 7.89. The van der Waals surface area contributed by atoms with Crippen molar-refractivity contribution < 1.29 is 13.2 Å². The number of rotatable bonds is 2. The van der Waals surface area contributed by atoms with E-state index in [0.29, 0.717) is 36.6 Å². The topological polar surface area (TPSA) is 59.5 Å². The van der Waals surface area contributed by atoms with Crippen LogP contribution in [-0.4, -0.2) is 44.0 Å². The predicted octanol–water partition coefficient (Wildman–Crippen LogP) is 1.68. The first-order chi connectivity index (χ1) is 9.19. The average molecular weight is 315 g/mol. The van der Waals surface area contributed by atoms with Gasteiger partial charge in [-0.3, -0.25) is 4.98 Å². The highest BCUT2D eigenvalue weighted by Gasteiger charge is 2.27. The number of halogens is 1. The molecule has 108 valence electrons. The molecule has 0 N–H and O–H groups in total. The van der Waals surface area contributed by atoms with Crippen LogP contribution in [0.2, 0.25) is 0 Å². The Morgan fingerprint density at radius 2 is 1.90 bits per heavy atom. The molecule has 0 amide bonds. The van der Waals surface area contributed by atoms with Crippen molar-refractivity contribution in [1.82, 2.24) is 9.29 Å². The van der Waals surface area contributed by atoms with Crippen LogP contribution >= 0.6 is 12.4 Å². The maximum atomic E-state index is 12.7. The van der Waals surface area contributed by atoms with Gasteiger partial charge in [-0.1, -0.05) is 12.1 Å². The summed E-state index contributed by atoms with van der Waals surface area (Å²) in [5.41, 5.74) is 0. The molecule has 5 nitrogen and oxygen atoms in total. The van der Waals surface area contributed by atoms with Gasteiger partial charge in [0.2, 0.25) is 10.0 Å². The van der Waals surface area contributed by atoms with Gasteiger partial charge in [0.15, 0.2) is 0 Å². The molecule has 0 atom stereocenters. The Bertz CT molecular complexity index is 694. The van der Waals surface area contributed by atoms with Gasteiger partial charge in [-0.25, -0.2) is 8.42 Å². The van der Waals surface area contributed by atoms with Crippen LogP contribution in [0.3, 0.4) is 0 Å². The fourth-order valence-electron chi connectivity index (χ4n) is 2.24. The Hall–Kier alpha value is -1.21. The van der Waals surface area contributed by atoms with E-state index in [2.05, 4.69) is 4.98 Å². The highest BCUT2D eigenvalue weighted by Crippen LogP contribution is 2.25. The zero-order chi connectivity index (χ0) is 13.3. The number of aromatic nitrogens is 1. The van der Waals surface area contributed by atoms with Crippen LogP contribution in [0, 0.1) is 0 Å². The molecule has 0 unspecified atom stereocenters. The van der Waals surface area contributed by atoms with Gasteiger partial charge in [-0.15, -0.1) is 12.4 Å². The van der Waals surface area contributed by atoms with E-state index in [0.717, 1.165) is 5.39 Å². The van der Waals surface area contributed by atoms with Crippen LogP contribution in [0.25, 0.3) is 10.8 Å². The van der Waals surface area contributed by atoms with Crippen molar-refractivity contribution in [3.05, 3.63) is 36.7 Å². The number of ether oxygens (including phenoxy) is 1. The number of morpholine rings is 1. The van der Waals surface area contributed by atoms with Gasteiger partial charge in [0.1, 0.15) is 0 Å². The van der Waals surface area contributed by atoms with Crippen LogP contribution in [0.15, 0.2) is 41.6 Å². The summed E-state index contributed by atoms with van der Waals surface area (Å²) in [5.74, 6) is 0. The third-order valence-electron chi connectivity index (χ3n) is 3.23. The smallest absolute Gasteiger partial charge is 0.243 e. The molecule has 1 aliphatic rings. The van der Waals surface area contributed by atoms with Gasteiger partial charge in [0.05, 0.1) is 18.1 Å². The molecule has 2 heterocycles. The number of hydrogen-bond acceptors (Lipinski definition) is 4. The summed E-state index contributed by atoms with van der Waals surface area (Å²) in [6, 6.07) is 6.99. The first-order valence-electron chi connectivity index (χ1n) is 6.10. The fourth-order valence-corrected chi connectivity index (χ4v) is 3.87. The zero-order valence-electron chi connectivity index (χ0n) is 10.7. The van der Waals surface area contributed by atoms with E-state index >= 15 is 0 Å². The molecule has 1 aromatic carbocycles. The lowest BCUT2D eigenvalue weighted by molar-refractivity contribution is 0.0730. The minimum atomic E-state index is -3.46. The number of nitrogens with zero attached hydrogens (tertiary/aromatic N) is 2. The van der Waals surface area contributed by atoms with E-state index in [9.17, 15) is 8.42 Å². The van der Waals surface area contributed by atoms with Crippen molar-refractivity contribution in [3.63, 3.8) is 0 Å². The van der Waals surface area contributed by atoms with Gasteiger partial charge in [0.25, 0.3) is 0 Å². The van der Waals surface area contributed by atoms with E-state index in [-0.39, 0.29) is 12.4 Å². The SMILES string of the molecule is Cl.O=S(=O)(c1cccc2cnccc12)N1CCOCC1. The van der Waals surface area contributed by atoms with Gasteiger partial charge in [-0.05, 0) is 12.1 Å². The first-order valence-corrected chi connectivity index (χ1v) is 7.54. The molecule has 1 aliphatic heterocycles. The Morgan fingerprint density at radius 1 is 1.15 bits per heavy atom. The first kappa shape index (κ1) is 15.2. The van der Waals surface area contributed by atoms with Gasteiger partial charge < -0.3 is 4.74 Å². The summed E-state index contributed by atoms with van der Waals surface area (Å²) in [4.78, 5) is 4.36. The molecule has 0 spiro atoms. The lowest BCUT2D eigenvalue weighted by Crippen LogP contribution is -2.40. The number of sulfonamides is 1. The fraction of sp³-hybridized carbons (Fsp3) is 0.308. The van der Waals surface area contributed by atoms with E-state index < -0.39 is 10.0 Å². The van der Waals surface area contributed by atoms with E-state index in [1.54, 1.807) is 30.6 Å². The number of benzene rings is 1. The summed E-state index contributed by atoms with van der Waals surface area (Å²) >= 11 is 0. The maximum absolute atomic E-state index is 12.7. The molecule has 20 heavy (non-hydrogen) atoms. The quantitative estimate of drug-likeness (QED) is 0.846. The Labute approximate surface area is 124 Å². The second-order valence-corrected chi connectivity index (χ2v) is 6.28. The molecule has 1 saturated heterocycles. The second kappa shape index (κ2) is 6.05. The normalized spacial score (nSPS) is 16.8. The largest absolute Gasteiger partial charge is 0.379 e. The van der Waals surface area contributed by atoms with Crippen molar-refractivity contribution in [2.75, 3.05) is 26.3 Å². The van der Waals surface area contributed by atoms with Crippen LogP contribution in [0.4, 0.5) is 0 Å². The van der Waals surface area contributed by atoms with E-state index in [1.165, 1.54) is 4.31 Å². The van der Waals surface area contributed by atoms with Gasteiger partial charge in [-0.2, -0.15) is 4.31 Å². The van der Waals surface area contributed by atoms with Gasteiger partial charge >= 0.3 is 0 Å². The Balaban J connectivity index is 0.00000147. The number of hydrogen-bond donors (Lipinski definition) is 0. The standard InChI is InChI=1S/C13H14N2O3S.ClH/c16-19(17,15-6-8-18-9-7-15)13-3-1-2-11-10-14-5-4-12(11)13;/h1-5,10H,6-9H2;1H. The molecule has 1 aromatic heterocycles. The minimum absolute atomic E-state index is 0. The molecule has 0 saturated carbocycles. The molecule has 2 aromatic rings. The Morgan fingerprint density at radius 3 is 2.65 bits per heavy atom. The zero-order valence-corrected chi connectivity index (χ0v) is 12.4. The van der Waals surface area contributed by atoms with Gasteiger partial charge in [0, 0.05) is 36.3 Å². The summed E-state index contributed by atoms with van der Waals surface area (Å²) < 4.78 is 32.0. The van der Waals surface area contributed by atoms with Crippen molar-refractivity contribution in [2.45, 2.75) is 4.90 Å². The monoisotopic (exact) mass is 314 g/mol. The minimum Gasteiger partial charge on any atom is -0.379 e.